The average Bonchev–Trinajstić information content (AvgIpc) is 3.21. The van der Waals surface area contributed by atoms with Crippen LogP contribution in [0.1, 0.15) is 58.4 Å². The Morgan fingerprint density at radius 2 is 1.92 bits per heavy atom. The maximum Gasteiger partial charge on any atom is 0.416 e. The van der Waals surface area contributed by atoms with E-state index in [1.54, 1.807) is 6.08 Å². The lowest BCUT2D eigenvalue weighted by Crippen LogP contribution is -2.41. The van der Waals surface area contributed by atoms with Crippen LogP contribution < -0.4 is 4.74 Å². The lowest BCUT2D eigenvalue weighted by atomic mass is 9.89. The number of carbonyl (C=O) groups excluding carboxylic acids is 1. The minimum absolute atomic E-state index is 0.0170. The summed E-state index contributed by atoms with van der Waals surface area (Å²) in [5.74, 6) is -0.193. The van der Waals surface area contributed by atoms with E-state index in [-0.39, 0.29) is 42.4 Å². The zero-order chi connectivity index (χ0) is 27.8. The molecule has 1 N–H and O–H groups in total. The van der Waals surface area contributed by atoms with E-state index in [2.05, 4.69) is 32.9 Å². The highest BCUT2D eigenvalue weighted by atomic mass is 28.4. The minimum atomic E-state index is -4.46. The van der Waals surface area contributed by atoms with Crippen LogP contribution in [0.3, 0.4) is 0 Å². The molecule has 1 aromatic carbocycles. The summed E-state index contributed by atoms with van der Waals surface area (Å²) in [5, 5.41) is 10.6. The van der Waals surface area contributed by atoms with Gasteiger partial charge in [0.25, 0.3) is 0 Å². The molecule has 1 aliphatic carbocycles. The second-order valence-electron chi connectivity index (χ2n) is 10.3. The summed E-state index contributed by atoms with van der Waals surface area (Å²) in [5.41, 5.74) is -0.800. The van der Waals surface area contributed by atoms with Crippen LogP contribution in [0, 0.1) is 11.8 Å². The van der Waals surface area contributed by atoms with Crippen molar-refractivity contribution < 1.29 is 37.0 Å². The first kappa shape index (κ1) is 30.4. The number of halogens is 3. The third-order valence-corrected chi connectivity index (χ3v) is 12.6. The molecule has 1 aromatic rings. The van der Waals surface area contributed by atoms with Gasteiger partial charge in [-0.05, 0) is 55.6 Å². The number of benzene rings is 1. The van der Waals surface area contributed by atoms with Crippen molar-refractivity contribution in [3.8, 4) is 5.75 Å². The first-order valence-corrected chi connectivity index (χ1v) is 16.3. The van der Waals surface area contributed by atoms with E-state index >= 15 is 0 Å². The molecule has 0 saturated heterocycles. The zero-order valence-corrected chi connectivity index (χ0v) is 23.6. The van der Waals surface area contributed by atoms with Crippen LogP contribution in [-0.4, -0.2) is 44.3 Å². The Balaban J connectivity index is 1.77. The molecule has 0 aromatic heterocycles. The number of allylic oxidation sites excluding steroid dienone is 2. The van der Waals surface area contributed by atoms with Gasteiger partial charge in [0, 0.05) is 24.7 Å². The lowest BCUT2D eigenvalue weighted by Gasteiger charge is -2.34. The van der Waals surface area contributed by atoms with E-state index < -0.39 is 26.2 Å². The number of fused-ring (bicyclic) bond motifs is 1. The van der Waals surface area contributed by atoms with Crippen LogP contribution in [0.25, 0.3) is 0 Å². The highest BCUT2D eigenvalue weighted by Gasteiger charge is 2.47. The highest BCUT2D eigenvalue weighted by molar-refractivity contribution is 6.73. The third kappa shape index (κ3) is 8.20. The number of rotatable bonds is 10. The topological polar surface area (TPSA) is 65.0 Å². The summed E-state index contributed by atoms with van der Waals surface area (Å²) in [4.78, 5) is 12.5. The molecule has 0 bridgehead atoms. The second kappa shape index (κ2) is 13.8. The molecule has 0 radical (unpaired) electrons. The van der Waals surface area contributed by atoms with Gasteiger partial charge in [-0.2, -0.15) is 13.2 Å². The number of hydrogen-bond acceptors (Lipinski definition) is 5. The Hall–Kier alpha value is -2.10. The number of ether oxygens (including phenoxy) is 2. The lowest BCUT2D eigenvalue weighted by molar-refractivity contribution is -0.151. The number of alkyl halides is 3. The predicted molar refractivity (Wildman–Crippen MR) is 143 cm³/mol. The quantitative estimate of drug-likeness (QED) is 0.190. The maximum atomic E-state index is 13.0. The molecule has 3 rings (SSSR count). The third-order valence-electron chi connectivity index (χ3n) is 7.95. The van der Waals surface area contributed by atoms with Crippen molar-refractivity contribution in [3.63, 3.8) is 0 Å². The van der Waals surface area contributed by atoms with Crippen LogP contribution in [0.5, 0.6) is 5.75 Å². The number of carbonyl (C=O) groups is 1. The molecule has 38 heavy (non-hydrogen) atoms. The summed E-state index contributed by atoms with van der Waals surface area (Å²) in [7, 11) is -1.96. The van der Waals surface area contributed by atoms with E-state index in [1.807, 2.05) is 6.08 Å². The van der Waals surface area contributed by atoms with Crippen LogP contribution in [0.15, 0.2) is 48.6 Å². The van der Waals surface area contributed by atoms with Gasteiger partial charge in [-0.1, -0.05) is 51.1 Å². The van der Waals surface area contributed by atoms with Gasteiger partial charge < -0.3 is 19.0 Å². The molecule has 1 saturated carbocycles. The van der Waals surface area contributed by atoms with Crippen molar-refractivity contribution in [3.05, 3.63) is 54.1 Å². The molecule has 5 nitrogen and oxygen atoms in total. The van der Waals surface area contributed by atoms with Gasteiger partial charge in [-0.15, -0.1) is 0 Å². The Labute approximate surface area is 225 Å². The van der Waals surface area contributed by atoms with Crippen molar-refractivity contribution in [1.82, 2.24) is 0 Å². The van der Waals surface area contributed by atoms with Gasteiger partial charge in [0.2, 0.25) is 0 Å². The monoisotopic (exact) mass is 554 g/mol. The summed E-state index contributed by atoms with van der Waals surface area (Å²) < 4.78 is 57.3. The molecule has 1 fully saturated rings. The largest absolute Gasteiger partial charge is 0.491 e. The maximum absolute atomic E-state index is 13.0. The Morgan fingerprint density at radius 3 is 2.61 bits per heavy atom. The van der Waals surface area contributed by atoms with Crippen molar-refractivity contribution in [1.29, 1.82) is 0 Å². The molecule has 0 spiro atoms. The molecule has 1 unspecified atom stereocenters. The van der Waals surface area contributed by atoms with Crippen molar-refractivity contribution in [2.45, 2.75) is 95.5 Å². The van der Waals surface area contributed by atoms with E-state index in [4.69, 9.17) is 13.9 Å². The molecule has 2 aliphatic rings. The van der Waals surface area contributed by atoms with E-state index in [0.717, 1.165) is 49.5 Å². The predicted octanol–water partition coefficient (Wildman–Crippen LogP) is 7.07. The first-order valence-electron chi connectivity index (χ1n) is 13.8. The first-order chi connectivity index (χ1) is 18.1. The van der Waals surface area contributed by atoms with E-state index in [1.165, 1.54) is 12.1 Å². The smallest absolute Gasteiger partial charge is 0.416 e. The molecule has 212 valence electrons. The van der Waals surface area contributed by atoms with Crippen LogP contribution in [0.4, 0.5) is 13.2 Å². The van der Waals surface area contributed by atoms with Gasteiger partial charge in [-0.3, -0.25) is 4.79 Å². The van der Waals surface area contributed by atoms with Crippen molar-refractivity contribution >= 4 is 14.3 Å². The normalized spacial score (nSPS) is 26.6. The number of esters is 1. The van der Waals surface area contributed by atoms with Crippen molar-refractivity contribution in [2.75, 3.05) is 6.61 Å². The molecular weight excluding hydrogens is 513 g/mol. The average molecular weight is 555 g/mol. The van der Waals surface area contributed by atoms with Crippen LogP contribution in [0.2, 0.25) is 18.1 Å². The molecular formula is C29H41F3O5Si. The fourth-order valence-electron chi connectivity index (χ4n) is 5.46. The van der Waals surface area contributed by atoms with Crippen LogP contribution >= 0.6 is 0 Å². The molecule has 1 aliphatic heterocycles. The number of hydrogen-bond donors (Lipinski definition) is 1. The zero-order valence-electron chi connectivity index (χ0n) is 22.6. The molecule has 5 atom stereocenters. The van der Waals surface area contributed by atoms with E-state index in [9.17, 15) is 23.1 Å². The molecule has 1 heterocycles. The van der Waals surface area contributed by atoms with Crippen LogP contribution in [-0.2, 0) is 20.1 Å². The summed E-state index contributed by atoms with van der Waals surface area (Å²) in [6.07, 6.45) is 5.30. The Kier molecular flexibility index (Phi) is 11.1. The second-order valence-corrected chi connectivity index (χ2v) is 15.0. The van der Waals surface area contributed by atoms with Gasteiger partial charge >= 0.3 is 12.1 Å². The van der Waals surface area contributed by atoms with Gasteiger partial charge in [0.1, 0.15) is 24.6 Å². The Morgan fingerprint density at radius 1 is 1.18 bits per heavy atom. The Bertz CT molecular complexity index is 952. The van der Waals surface area contributed by atoms with E-state index in [0.29, 0.717) is 12.8 Å². The summed E-state index contributed by atoms with van der Waals surface area (Å²) in [6, 6.07) is 7.60. The molecule has 0 amide bonds. The fourth-order valence-corrected chi connectivity index (χ4v) is 8.36. The highest BCUT2D eigenvalue weighted by Crippen LogP contribution is 2.43. The van der Waals surface area contributed by atoms with Crippen molar-refractivity contribution in [2.24, 2.45) is 11.8 Å². The summed E-state index contributed by atoms with van der Waals surface area (Å²) in [6.45, 7) is 6.34. The van der Waals surface area contributed by atoms with Gasteiger partial charge in [0.05, 0.1) is 11.7 Å². The fraction of sp³-hybridized carbons (Fsp3) is 0.621. The summed E-state index contributed by atoms with van der Waals surface area (Å²) >= 11 is 0. The SMILES string of the molecule is CC[Si](CC)(CC)OC1C[C@@H]2OC(=O)CCC/C=C\C[C@@H]2[C@H]1/C=C/[C@@H](O)COc1cccc(C(F)(F)F)c1. The van der Waals surface area contributed by atoms with Gasteiger partial charge in [-0.25, -0.2) is 0 Å². The van der Waals surface area contributed by atoms with Gasteiger partial charge in [0.15, 0.2) is 8.32 Å². The number of aliphatic hydroxyl groups excluding tert-OH is 1. The molecule has 9 heteroatoms. The standard InChI is InChI=1S/C29H41F3O5Si/c1-4-38(5-2,6-3)37-27-19-26-24(14-9-7-8-10-15-28(34)36-26)25(27)17-16-22(33)20-35-23-13-11-12-21(18-23)29(30,31)32/h7,9,11-13,16-18,22,24-27,33H,4-6,8,10,14-15,19-20H2,1-3H3/b9-7-,17-16+/t22-,24-,25-,26+,27?/m1/s1. The number of aliphatic hydroxyl groups is 1. The minimum Gasteiger partial charge on any atom is -0.491 e.